The zero-order valence-corrected chi connectivity index (χ0v) is 21.8. The van der Waals surface area contributed by atoms with Crippen molar-refractivity contribution in [1.82, 2.24) is 0 Å². The molecule has 0 N–H and O–H groups in total. The second-order valence-electron chi connectivity index (χ2n) is 12.2. The molecule has 36 heavy (non-hydrogen) atoms. The van der Waals surface area contributed by atoms with Crippen LogP contribution in [0.2, 0.25) is 0 Å². The second-order valence-corrected chi connectivity index (χ2v) is 12.2. The molecule has 0 bridgehead atoms. The third-order valence-electron chi connectivity index (χ3n) is 10.6. The van der Waals surface area contributed by atoms with Crippen molar-refractivity contribution in [1.29, 1.82) is 0 Å². The summed E-state index contributed by atoms with van der Waals surface area (Å²) in [4.78, 5) is 29.0. The highest BCUT2D eigenvalue weighted by molar-refractivity contribution is 5.95. The fourth-order valence-electron chi connectivity index (χ4n) is 8.81. The number of rotatable bonds is 4. The molecule has 6 rings (SSSR count). The van der Waals surface area contributed by atoms with Gasteiger partial charge in [-0.2, -0.15) is 0 Å². The zero-order chi connectivity index (χ0) is 25.3. The van der Waals surface area contributed by atoms with E-state index in [0.717, 1.165) is 44.2 Å². The first kappa shape index (κ1) is 23.9. The maximum Gasteiger partial charge on any atom is 0.338 e. The maximum absolute atomic E-state index is 12.7. The fourth-order valence-corrected chi connectivity index (χ4v) is 8.81. The van der Waals surface area contributed by atoms with Gasteiger partial charge in [-0.1, -0.05) is 48.9 Å². The summed E-state index contributed by atoms with van der Waals surface area (Å²) in [6.45, 7) is 8.19. The topological polar surface area (TPSA) is 77.5 Å². The Morgan fingerprint density at radius 2 is 1.83 bits per heavy atom. The number of oxime groups is 1. The predicted molar refractivity (Wildman–Crippen MR) is 135 cm³/mol. The van der Waals surface area contributed by atoms with Crippen LogP contribution in [0.1, 0.15) is 83.0 Å². The van der Waals surface area contributed by atoms with E-state index in [9.17, 15) is 9.59 Å². The third kappa shape index (κ3) is 3.36. The molecule has 1 saturated heterocycles. The normalized spacial score (nSPS) is 42.7. The number of carbonyl (C=O) groups excluding carboxylic acids is 2. The van der Waals surface area contributed by atoms with Crippen LogP contribution < -0.4 is 0 Å². The summed E-state index contributed by atoms with van der Waals surface area (Å²) in [5.74, 6) is 1.22. The van der Waals surface area contributed by atoms with Crippen LogP contribution in [-0.4, -0.2) is 35.5 Å². The molecule has 0 radical (unpaired) electrons. The highest BCUT2D eigenvalue weighted by atomic mass is 16.7. The van der Waals surface area contributed by atoms with E-state index in [1.165, 1.54) is 18.9 Å². The van der Waals surface area contributed by atoms with Gasteiger partial charge in [0.05, 0.1) is 17.4 Å². The molecule has 6 heteroatoms. The SMILES string of the molecule is CC(=O)ON=C(C)[C@]12O[C@@H]1C[C@@H]1[C@H]3CC=C4C[C@@H](OC(=O)c5ccccc5)CC[C@]4(C)[C@@H]3CC[C@]12C. The number of benzene rings is 1. The molecule has 1 aliphatic heterocycles. The van der Waals surface area contributed by atoms with Crippen molar-refractivity contribution in [3.05, 3.63) is 47.5 Å². The van der Waals surface area contributed by atoms with Crippen molar-refractivity contribution >= 4 is 17.7 Å². The van der Waals surface area contributed by atoms with E-state index in [1.54, 1.807) is 0 Å². The second kappa shape index (κ2) is 8.27. The van der Waals surface area contributed by atoms with Gasteiger partial charge < -0.3 is 14.3 Å². The molecule has 4 fully saturated rings. The number of hydrogen-bond acceptors (Lipinski definition) is 6. The fraction of sp³-hybridized carbons (Fsp3) is 0.633. The van der Waals surface area contributed by atoms with E-state index in [4.69, 9.17) is 14.3 Å². The number of fused-ring (bicyclic) bond motifs is 7. The number of allylic oxidation sites excluding steroid dienone is 1. The Morgan fingerprint density at radius 3 is 2.58 bits per heavy atom. The number of carbonyl (C=O) groups is 2. The van der Waals surface area contributed by atoms with Gasteiger partial charge in [0.1, 0.15) is 11.7 Å². The van der Waals surface area contributed by atoms with Crippen LogP contribution in [0.15, 0.2) is 47.1 Å². The minimum atomic E-state index is -0.394. The van der Waals surface area contributed by atoms with Crippen LogP contribution in [0.5, 0.6) is 0 Å². The molecule has 0 aromatic heterocycles. The number of ether oxygens (including phenoxy) is 2. The minimum absolute atomic E-state index is 0.0106. The van der Waals surface area contributed by atoms with Crippen LogP contribution in [0.3, 0.4) is 0 Å². The summed E-state index contributed by atoms with van der Waals surface area (Å²) in [7, 11) is 0. The van der Waals surface area contributed by atoms with Crippen LogP contribution in [0, 0.1) is 28.6 Å². The Labute approximate surface area is 213 Å². The lowest BCUT2D eigenvalue weighted by Crippen LogP contribution is -2.54. The average Bonchev–Trinajstić information content (AvgIpc) is 3.54. The lowest BCUT2D eigenvalue weighted by molar-refractivity contribution is -0.141. The van der Waals surface area contributed by atoms with Crippen LogP contribution in [0.4, 0.5) is 0 Å². The Kier molecular flexibility index (Phi) is 5.49. The largest absolute Gasteiger partial charge is 0.458 e. The third-order valence-corrected chi connectivity index (χ3v) is 10.6. The van der Waals surface area contributed by atoms with E-state index in [-0.39, 0.29) is 34.6 Å². The van der Waals surface area contributed by atoms with Gasteiger partial charge in [0.15, 0.2) is 0 Å². The molecular weight excluding hydrogens is 454 g/mol. The standard InChI is InChI=1S/C30H37NO5/c1-18(31-36-19(2)32)30-26(35-30)17-25-23-11-10-21-16-22(34-27(33)20-8-6-5-7-9-20)12-14-28(21,3)24(23)13-15-29(25,30)4/h5-10,22-26H,11-17H2,1-4H3/t22-,23-,24+,25+,26+,28-,29+,30-/m0/s1. The van der Waals surface area contributed by atoms with Crippen molar-refractivity contribution < 1.29 is 23.9 Å². The van der Waals surface area contributed by atoms with E-state index in [1.807, 2.05) is 37.3 Å². The Bertz CT molecular complexity index is 1140. The molecule has 1 aromatic carbocycles. The Hall–Kier alpha value is -2.47. The summed E-state index contributed by atoms with van der Waals surface area (Å²) in [5.41, 5.74) is 2.72. The number of hydrogen-bond donors (Lipinski definition) is 0. The summed E-state index contributed by atoms with van der Waals surface area (Å²) in [6, 6.07) is 9.30. The molecule has 192 valence electrons. The molecule has 6 nitrogen and oxygen atoms in total. The van der Waals surface area contributed by atoms with Crippen molar-refractivity contribution in [3.63, 3.8) is 0 Å². The first-order valence-electron chi connectivity index (χ1n) is 13.5. The van der Waals surface area contributed by atoms with Gasteiger partial charge in [-0.15, -0.1) is 0 Å². The monoisotopic (exact) mass is 491 g/mol. The van der Waals surface area contributed by atoms with Crippen LogP contribution >= 0.6 is 0 Å². The molecule has 4 aliphatic carbocycles. The first-order valence-corrected chi connectivity index (χ1v) is 13.5. The van der Waals surface area contributed by atoms with E-state index < -0.39 is 5.97 Å². The molecule has 0 spiro atoms. The molecule has 0 amide bonds. The quantitative estimate of drug-likeness (QED) is 0.132. The van der Waals surface area contributed by atoms with E-state index in [0.29, 0.717) is 23.3 Å². The molecule has 1 aromatic rings. The highest BCUT2D eigenvalue weighted by Gasteiger charge is 2.78. The van der Waals surface area contributed by atoms with Gasteiger partial charge in [0.2, 0.25) is 0 Å². The van der Waals surface area contributed by atoms with Gasteiger partial charge in [0, 0.05) is 18.8 Å². The number of esters is 1. The lowest BCUT2D eigenvalue weighted by Gasteiger charge is -2.58. The molecule has 3 saturated carbocycles. The van der Waals surface area contributed by atoms with Crippen molar-refractivity contribution in [2.45, 2.75) is 90.4 Å². The first-order chi connectivity index (χ1) is 17.2. The summed E-state index contributed by atoms with van der Waals surface area (Å²) < 4.78 is 12.3. The van der Waals surface area contributed by atoms with Crippen molar-refractivity contribution in [2.24, 2.45) is 33.7 Å². The predicted octanol–water partition coefficient (Wildman–Crippen LogP) is 5.86. The molecule has 0 unspecified atom stereocenters. The van der Waals surface area contributed by atoms with Crippen molar-refractivity contribution in [2.75, 3.05) is 0 Å². The Morgan fingerprint density at radius 1 is 1.06 bits per heavy atom. The summed E-state index contributed by atoms with van der Waals surface area (Å²) >= 11 is 0. The molecular formula is C30H37NO5. The molecule has 5 aliphatic rings. The van der Waals surface area contributed by atoms with Gasteiger partial charge in [0.25, 0.3) is 0 Å². The van der Waals surface area contributed by atoms with Crippen LogP contribution in [-0.2, 0) is 19.1 Å². The van der Waals surface area contributed by atoms with Gasteiger partial charge in [-0.25, -0.2) is 9.59 Å². The summed E-state index contributed by atoms with van der Waals surface area (Å²) in [5, 5.41) is 4.18. The zero-order valence-electron chi connectivity index (χ0n) is 21.8. The van der Waals surface area contributed by atoms with Crippen molar-refractivity contribution in [3.8, 4) is 0 Å². The lowest BCUT2D eigenvalue weighted by atomic mass is 9.47. The van der Waals surface area contributed by atoms with E-state index >= 15 is 0 Å². The maximum atomic E-state index is 12.7. The smallest absolute Gasteiger partial charge is 0.338 e. The number of epoxide rings is 1. The average molecular weight is 492 g/mol. The van der Waals surface area contributed by atoms with E-state index in [2.05, 4.69) is 25.1 Å². The molecule has 1 heterocycles. The highest BCUT2D eigenvalue weighted by Crippen LogP contribution is 2.73. The molecule has 8 atom stereocenters. The van der Waals surface area contributed by atoms with Gasteiger partial charge in [-0.3, -0.25) is 0 Å². The number of nitrogens with zero attached hydrogens (tertiary/aromatic N) is 1. The van der Waals surface area contributed by atoms with Gasteiger partial charge in [-0.05, 0) is 80.8 Å². The van der Waals surface area contributed by atoms with Crippen LogP contribution in [0.25, 0.3) is 0 Å². The Balaban J connectivity index is 1.20. The minimum Gasteiger partial charge on any atom is -0.458 e. The van der Waals surface area contributed by atoms with Gasteiger partial charge >= 0.3 is 11.9 Å². The summed E-state index contributed by atoms with van der Waals surface area (Å²) in [6.07, 6.45) is 9.84.